The second-order valence-electron chi connectivity index (χ2n) is 6.59. The normalized spacial score (nSPS) is 23.6. The van der Waals surface area contributed by atoms with Gasteiger partial charge in [-0.25, -0.2) is 0 Å². The molecule has 0 aliphatic carbocycles. The van der Waals surface area contributed by atoms with Crippen LogP contribution in [0.2, 0.25) is 0 Å². The number of likely N-dealkylation sites (tertiary alicyclic amines) is 1. The summed E-state index contributed by atoms with van der Waals surface area (Å²) in [6.45, 7) is 4.60. The van der Waals surface area contributed by atoms with E-state index in [0.717, 1.165) is 24.1 Å². The molecule has 120 valence electrons. The minimum absolute atomic E-state index is 0.0172. The molecule has 3 rings (SSSR count). The van der Waals surface area contributed by atoms with E-state index in [-0.39, 0.29) is 5.91 Å². The molecule has 0 saturated carbocycles. The van der Waals surface area contributed by atoms with Gasteiger partial charge < -0.3 is 10.6 Å². The molecule has 1 aromatic carbocycles. The van der Waals surface area contributed by atoms with E-state index in [0.29, 0.717) is 0 Å². The van der Waals surface area contributed by atoms with E-state index in [4.69, 9.17) is 0 Å². The van der Waals surface area contributed by atoms with E-state index in [1.807, 2.05) is 12.1 Å². The summed E-state index contributed by atoms with van der Waals surface area (Å²) >= 11 is 0. The Kier molecular flexibility index (Phi) is 5.11. The number of rotatable bonds is 4. The van der Waals surface area contributed by atoms with Gasteiger partial charge in [0.05, 0.1) is 0 Å². The summed E-state index contributed by atoms with van der Waals surface area (Å²) in [6.07, 6.45) is 5.34. The molecule has 1 aromatic rings. The summed E-state index contributed by atoms with van der Waals surface area (Å²) < 4.78 is 0. The van der Waals surface area contributed by atoms with Gasteiger partial charge >= 0.3 is 0 Å². The molecular formula is C18H27N3O. The highest BCUT2D eigenvalue weighted by atomic mass is 16.1. The molecule has 22 heavy (non-hydrogen) atoms. The van der Waals surface area contributed by atoms with Gasteiger partial charge in [-0.3, -0.25) is 9.69 Å². The molecular weight excluding hydrogens is 274 g/mol. The van der Waals surface area contributed by atoms with Crippen LogP contribution in [0.1, 0.15) is 41.6 Å². The van der Waals surface area contributed by atoms with Crippen LogP contribution in [0.15, 0.2) is 24.3 Å². The predicted molar refractivity (Wildman–Crippen MR) is 88.9 cm³/mol. The summed E-state index contributed by atoms with van der Waals surface area (Å²) in [4.78, 5) is 14.1. The van der Waals surface area contributed by atoms with E-state index >= 15 is 0 Å². The minimum Gasteiger partial charge on any atom is -0.355 e. The highest BCUT2D eigenvalue weighted by Crippen LogP contribution is 2.26. The number of nitrogens with one attached hydrogen (secondary N) is 2. The zero-order valence-electron chi connectivity index (χ0n) is 13.5. The van der Waals surface area contributed by atoms with Crippen molar-refractivity contribution in [3.63, 3.8) is 0 Å². The van der Waals surface area contributed by atoms with Crippen LogP contribution >= 0.6 is 0 Å². The third kappa shape index (κ3) is 3.68. The van der Waals surface area contributed by atoms with Crippen LogP contribution in [0.4, 0.5) is 0 Å². The predicted octanol–water partition coefficient (Wildman–Crippen LogP) is 2.01. The summed E-state index contributed by atoms with van der Waals surface area (Å²) in [5.41, 5.74) is 2.03. The first-order valence-corrected chi connectivity index (χ1v) is 8.53. The summed E-state index contributed by atoms with van der Waals surface area (Å²) in [5.74, 6) is 0.853. The van der Waals surface area contributed by atoms with Gasteiger partial charge in [-0.15, -0.1) is 0 Å². The first kappa shape index (κ1) is 15.5. The Morgan fingerprint density at radius 1 is 1.23 bits per heavy atom. The van der Waals surface area contributed by atoms with Gasteiger partial charge in [-0.05, 0) is 68.9 Å². The maximum atomic E-state index is 11.5. The lowest BCUT2D eigenvalue weighted by molar-refractivity contribution is 0.0963. The number of nitrogens with zero attached hydrogens (tertiary/aromatic N) is 1. The molecule has 2 saturated heterocycles. The van der Waals surface area contributed by atoms with Crippen LogP contribution in [-0.2, 0) is 6.54 Å². The quantitative estimate of drug-likeness (QED) is 0.894. The topological polar surface area (TPSA) is 44.4 Å². The molecule has 1 amide bonds. The van der Waals surface area contributed by atoms with Gasteiger partial charge in [0, 0.05) is 25.2 Å². The maximum absolute atomic E-state index is 11.5. The Balaban J connectivity index is 1.49. The smallest absolute Gasteiger partial charge is 0.251 e. The van der Waals surface area contributed by atoms with Crippen molar-refractivity contribution in [3.8, 4) is 0 Å². The Bertz CT molecular complexity index is 486. The monoisotopic (exact) mass is 301 g/mol. The van der Waals surface area contributed by atoms with Crippen molar-refractivity contribution >= 4 is 5.91 Å². The zero-order chi connectivity index (χ0) is 15.4. The van der Waals surface area contributed by atoms with Crippen molar-refractivity contribution in [1.82, 2.24) is 15.5 Å². The molecule has 2 N–H and O–H groups in total. The van der Waals surface area contributed by atoms with Crippen molar-refractivity contribution in [2.75, 3.05) is 26.7 Å². The fourth-order valence-corrected chi connectivity index (χ4v) is 3.79. The van der Waals surface area contributed by atoms with Gasteiger partial charge in [0.15, 0.2) is 0 Å². The lowest BCUT2D eigenvalue weighted by Gasteiger charge is -2.34. The lowest BCUT2D eigenvalue weighted by Crippen LogP contribution is -2.40. The molecule has 2 heterocycles. The molecule has 0 unspecified atom stereocenters. The Hall–Kier alpha value is -1.39. The van der Waals surface area contributed by atoms with Crippen LogP contribution in [-0.4, -0.2) is 43.5 Å². The molecule has 2 fully saturated rings. The number of hydrogen-bond acceptors (Lipinski definition) is 3. The molecule has 2 aliphatic rings. The standard InChI is InChI=1S/C18H27N3O/c1-19-18(22)16-6-4-14(5-7-16)13-21-11-8-15(9-12-21)17-3-2-10-20-17/h4-7,15,17,20H,2-3,8-13H2,1H3,(H,19,22)/t17-/m0/s1. The minimum atomic E-state index is -0.0172. The van der Waals surface area contributed by atoms with Gasteiger partial charge in [0.25, 0.3) is 5.91 Å². The number of amides is 1. The van der Waals surface area contributed by atoms with E-state index in [2.05, 4.69) is 27.7 Å². The fraction of sp³-hybridized carbons (Fsp3) is 0.611. The van der Waals surface area contributed by atoms with Crippen LogP contribution in [0.3, 0.4) is 0 Å². The third-order valence-electron chi connectivity index (χ3n) is 5.15. The van der Waals surface area contributed by atoms with Crippen LogP contribution in [0.25, 0.3) is 0 Å². The molecule has 0 radical (unpaired) electrons. The number of hydrogen-bond donors (Lipinski definition) is 2. The van der Waals surface area contributed by atoms with Crippen molar-refractivity contribution in [2.45, 2.75) is 38.3 Å². The van der Waals surface area contributed by atoms with E-state index < -0.39 is 0 Å². The summed E-state index contributed by atoms with van der Waals surface area (Å²) in [5, 5.41) is 6.32. The van der Waals surface area contributed by atoms with Crippen LogP contribution in [0, 0.1) is 5.92 Å². The second-order valence-corrected chi connectivity index (χ2v) is 6.59. The van der Waals surface area contributed by atoms with Crippen molar-refractivity contribution < 1.29 is 4.79 Å². The number of carbonyl (C=O) groups excluding carboxylic acids is 1. The fourth-order valence-electron chi connectivity index (χ4n) is 3.79. The number of piperidine rings is 1. The molecule has 2 aliphatic heterocycles. The average molecular weight is 301 g/mol. The summed E-state index contributed by atoms with van der Waals surface area (Å²) in [6, 6.07) is 8.77. The molecule has 1 atom stereocenters. The Morgan fingerprint density at radius 3 is 2.55 bits per heavy atom. The van der Waals surface area contributed by atoms with Gasteiger partial charge in [0.2, 0.25) is 0 Å². The first-order chi connectivity index (χ1) is 10.8. The zero-order valence-corrected chi connectivity index (χ0v) is 13.5. The van der Waals surface area contributed by atoms with Gasteiger partial charge in [0.1, 0.15) is 0 Å². The maximum Gasteiger partial charge on any atom is 0.251 e. The van der Waals surface area contributed by atoms with E-state index in [1.54, 1.807) is 7.05 Å². The van der Waals surface area contributed by atoms with Crippen LogP contribution < -0.4 is 10.6 Å². The van der Waals surface area contributed by atoms with Crippen molar-refractivity contribution in [3.05, 3.63) is 35.4 Å². The van der Waals surface area contributed by atoms with Gasteiger partial charge in [-0.1, -0.05) is 12.1 Å². The van der Waals surface area contributed by atoms with E-state index in [1.165, 1.54) is 50.9 Å². The van der Waals surface area contributed by atoms with Crippen LogP contribution in [0.5, 0.6) is 0 Å². The molecule has 0 bridgehead atoms. The molecule has 4 nitrogen and oxygen atoms in total. The van der Waals surface area contributed by atoms with Gasteiger partial charge in [-0.2, -0.15) is 0 Å². The molecule has 4 heteroatoms. The third-order valence-corrected chi connectivity index (χ3v) is 5.15. The van der Waals surface area contributed by atoms with Crippen molar-refractivity contribution in [1.29, 1.82) is 0 Å². The average Bonchev–Trinajstić information content (AvgIpc) is 3.10. The largest absolute Gasteiger partial charge is 0.355 e. The van der Waals surface area contributed by atoms with E-state index in [9.17, 15) is 4.79 Å². The number of benzene rings is 1. The summed E-state index contributed by atoms with van der Waals surface area (Å²) in [7, 11) is 1.67. The number of carbonyl (C=O) groups is 1. The Labute approximate surface area is 133 Å². The van der Waals surface area contributed by atoms with Crippen molar-refractivity contribution in [2.24, 2.45) is 5.92 Å². The highest BCUT2D eigenvalue weighted by Gasteiger charge is 2.28. The molecule has 0 aromatic heterocycles. The first-order valence-electron chi connectivity index (χ1n) is 8.53. The Morgan fingerprint density at radius 2 is 1.95 bits per heavy atom. The lowest BCUT2D eigenvalue weighted by atomic mass is 9.88. The molecule has 0 spiro atoms. The SMILES string of the molecule is CNC(=O)c1ccc(CN2CCC([C@@H]3CCCN3)CC2)cc1. The highest BCUT2D eigenvalue weighted by molar-refractivity contribution is 5.93. The second kappa shape index (κ2) is 7.25.